The fraction of sp³-hybridized carbons (Fsp3) is 0.500. The van der Waals surface area contributed by atoms with Crippen LogP contribution in [-0.2, 0) is 6.54 Å². The summed E-state index contributed by atoms with van der Waals surface area (Å²) in [6, 6.07) is 6.76. The van der Waals surface area contributed by atoms with Crippen molar-refractivity contribution in [1.82, 2.24) is 0 Å². The van der Waals surface area contributed by atoms with E-state index in [0.29, 0.717) is 12.6 Å². The first-order valence-corrected chi connectivity index (χ1v) is 5.81. The third kappa shape index (κ3) is 2.11. The lowest BCUT2D eigenvalue weighted by molar-refractivity contribution is 0.401. The van der Waals surface area contributed by atoms with Crippen LogP contribution in [0, 0.1) is 0 Å². The predicted octanol–water partition coefficient (Wildman–Crippen LogP) is 2.79. The summed E-state index contributed by atoms with van der Waals surface area (Å²) in [7, 11) is 2.12. The Morgan fingerprint density at radius 1 is 1.47 bits per heavy atom. The first kappa shape index (κ1) is 10.8. The Morgan fingerprint density at radius 2 is 2.20 bits per heavy atom. The summed E-state index contributed by atoms with van der Waals surface area (Å²) in [5.41, 5.74) is 7.78. The van der Waals surface area contributed by atoms with Crippen LogP contribution < -0.4 is 10.6 Å². The SMILES string of the molecule is CN(c1ccc(CN)cc1Cl)C1CCC1. The molecule has 1 aliphatic carbocycles. The van der Waals surface area contributed by atoms with Gasteiger partial charge in [0.2, 0.25) is 0 Å². The first-order chi connectivity index (χ1) is 7.22. The maximum Gasteiger partial charge on any atom is 0.0642 e. The van der Waals surface area contributed by atoms with Crippen molar-refractivity contribution in [3.63, 3.8) is 0 Å². The molecule has 2 N–H and O–H groups in total. The second-order valence-corrected chi connectivity index (χ2v) is 4.59. The molecule has 0 spiro atoms. The molecule has 2 nitrogen and oxygen atoms in total. The van der Waals surface area contributed by atoms with Gasteiger partial charge in [-0.1, -0.05) is 17.7 Å². The van der Waals surface area contributed by atoms with Crippen molar-refractivity contribution in [1.29, 1.82) is 0 Å². The van der Waals surface area contributed by atoms with Crippen molar-refractivity contribution in [2.75, 3.05) is 11.9 Å². The summed E-state index contributed by atoms with van der Waals surface area (Å²) in [5.74, 6) is 0. The largest absolute Gasteiger partial charge is 0.370 e. The predicted molar refractivity (Wildman–Crippen MR) is 65.4 cm³/mol. The van der Waals surface area contributed by atoms with Crippen molar-refractivity contribution in [3.05, 3.63) is 28.8 Å². The van der Waals surface area contributed by atoms with Crippen molar-refractivity contribution >= 4 is 17.3 Å². The molecular weight excluding hydrogens is 208 g/mol. The summed E-state index contributed by atoms with van der Waals surface area (Å²) in [5, 5.41) is 0.812. The smallest absolute Gasteiger partial charge is 0.0642 e. The molecule has 0 saturated heterocycles. The summed E-state index contributed by atoms with van der Waals surface area (Å²) in [6.07, 6.45) is 3.91. The maximum atomic E-state index is 6.23. The maximum absolute atomic E-state index is 6.23. The molecule has 0 amide bonds. The number of hydrogen-bond acceptors (Lipinski definition) is 2. The van der Waals surface area contributed by atoms with E-state index in [9.17, 15) is 0 Å². The Kier molecular flexibility index (Phi) is 3.17. The molecule has 15 heavy (non-hydrogen) atoms. The average Bonchev–Trinajstić information content (AvgIpc) is 2.14. The Labute approximate surface area is 96.0 Å². The van der Waals surface area contributed by atoms with E-state index in [-0.39, 0.29) is 0 Å². The van der Waals surface area contributed by atoms with Gasteiger partial charge in [0, 0.05) is 19.6 Å². The van der Waals surface area contributed by atoms with Crippen LogP contribution in [0.5, 0.6) is 0 Å². The number of nitrogens with zero attached hydrogens (tertiary/aromatic N) is 1. The minimum absolute atomic E-state index is 0.549. The van der Waals surface area contributed by atoms with Gasteiger partial charge in [-0.2, -0.15) is 0 Å². The van der Waals surface area contributed by atoms with Crippen LogP contribution >= 0.6 is 11.6 Å². The lowest BCUT2D eigenvalue weighted by atomic mass is 9.91. The number of nitrogens with two attached hydrogens (primary N) is 1. The molecule has 0 heterocycles. The molecule has 82 valence electrons. The molecule has 0 aliphatic heterocycles. The van der Waals surface area contributed by atoms with Crippen LogP contribution in [0.1, 0.15) is 24.8 Å². The highest BCUT2D eigenvalue weighted by Crippen LogP contribution is 2.33. The van der Waals surface area contributed by atoms with Gasteiger partial charge >= 0.3 is 0 Å². The van der Waals surface area contributed by atoms with Crippen LogP contribution in [0.25, 0.3) is 0 Å². The quantitative estimate of drug-likeness (QED) is 0.856. The van der Waals surface area contributed by atoms with Crippen molar-refractivity contribution in [2.24, 2.45) is 5.73 Å². The van der Waals surface area contributed by atoms with Crippen molar-refractivity contribution in [2.45, 2.75) is 31.8 Å². The van der Waals surface area contributed by atoms with E-state index in [1.807, 2.05) is 6.07 Å². The van der Waals surface area contributed by atoms with E-state index in [2.05, 4.69) is 24.1 Å². The van der Waals surface area contributed by atoms with Crippen LogP contribution in [0.3, 0.4) is 0 Å². The third-order valence-corrected chi connectivity index (χ3v) is 3.55. The third-order valence-electron chi connectivity index (χ3n) is 3.25. The van der Waals surface area contributed by atoms with Gasteiger partial charge in [-0.15, -0.1) is 0 Å². The monoisotopic (exact) mass is 224 g/mol. The molecule has 1 aromatic carbocycles. The first-order valence-electron chi connectivity index (χ1n) is 5.43. The Balaban J connectivity index is 2.19. The van der Waals surface area contributed by atoms with Crippen molar-refractivity contribution in [3.8, 4) is 0 Å². The highest BCUT2D eigenvalue weighted by molar-refractivity contribution is 6.33. The van der Waals surface area contributed by atoms with Gasteiger partial charge in [0.05, 0.1) is 10.7 Å². The lowest BCUT2D eigenvalue weighted by Crippen LogP contribution is -2.37. The summed E-state index contributed by atoms with van der Waals surface area (Å²) in [6.45, 7) is 0.549. The van der Waals surface area contributed by atoms with E-state index in [0.717, 1.165) is 16.3 Å². The minimum Gasteiger partial charge on any atom is -0.370 e. The van der Waals surface area contributed by atoms with Gasteiger partial charge in [-0.05, 0) is 37.0 Å². The van der Waals surface area contributed by atoms with Crippen LogP contribution in [0.15, 0.2) is 18.2 Å². The zero-order valence-electron chi connectivity index (χ0n) is 9.04. The zero-order valence-corrected chi connectivity index (χ0v) is 9.80. The Bertz CT molecular complexity index is 347. The molecule has 1 aliphatic rings. The average molecular weight is 225 g/mol. The minimum atomic E-state index is 0.549. The van der Waals surface area contributed by atoms with Gasteiger partial charge in [0.25, 0.3) is 0 Å². The molecule has 0 aromatic heterocycles. The van der Waals surface area contributed by atoms with E-state index in [1.165, 1.54) is 19.3 Å². The van der Waals surface area contributed by atoms with E-state index < -0.39 is 0 Å². The summed E-state index contributed by atoms with van der Waals surface area (Å²) >= 11 is 6.23. The second kappa shape index (κ2) is 4.42. The standard InChI is InChI=1S/C12H17ClN2/c1-15(10-3-2-4-10)12-6-5-9(8-14)7-11(12)13/h5-7,10H,2-4,8,14H2,1H3. The summed E-state index contributed by atoms with van der Waals surface area (Å²) < 4.78 is 0. The van der Waals surface area contributed by atoms with Gasteiger partial charge in [-0.25, -0.2) is 0 Å². The number of hydrogen-bond donors (Lipinski definition) is 1. The number of anilines is 1. The van der Waals surface area contributed by atoms with E-state index in [1.54, 1.807) is 0 Å². The normalized spacial score (nSPS) is 16.2. The lowest BCUT2D eigenvalue weighted by Gasteiger charge is -2.36. The Morgan fingerprint density at radius 3 is 2.67 bits per heavy atom. The van der Waals surface area contributed by atoms with E-state index >= 15 is 0 Å². The topological polar surface area (TPSA) is 29.3 Å². The van der Waals surface area contributed by atoms with Gasteiger partial charge < -0.3 is 10.6 Å². The van der Waals surface area contributed by atoms with Crippen LogP contribution in [-0.4, -0.2) is 13.1 Å². The highest BCUT2D eigenvalue weighted by atomic mass is 35.5. The van der Waals surface area contributed by atoms with Crippen molar-refractivity contribution < 1.29 is 0 Å². The molecular formula is C12H17ClN2. The molecule has 0 radical (unpaired) electrons. The molecule has 1 aromatic rings. The highest BCUT2D eigenvalue weighted by Gasteiger charge is 2.23. The fourth-order valence-electron chi connectivity index (χ4n) is 1.93. The fourth-order valence-corrected chi connectivity index (χ4v) is 2.27. The molecule has 0 unspecified atom stereocenters. The van der Waals surface area contributed by atoms with Gasteiger partial charge in [0.1, 0.15) is 0 Å². The Hall–Kier alpha value is -0.730. The molecule has 0 bridgehead atoms. The summed E-state index contributed by atoms with van der Waals surface area (Å²) in [4.78, 5) is 2.28. The molecule has 1 saturated carbocycles. The van der Waals surface area contributed by atoms with Crippen LogP contribution in [0.2, 0.25) is 5.02 Å². The van der Waals surface area contributed by atoms with E-state index in [4.69, 9.17) is 17.3 Å². The number of benzene rings is 1. The molecule has 1 fully saturated rings. The second-order valence-electron chi connectivity index (χ2n) is 4.19. The number of halogens is 1. The molecule has 2 rings (SSSR count). The van der Waals surface area contributed by atoms with Crippen LogP contribution in [0.4, 0.5) is 5.69 Å². The molecule has 3 heteroatoms. The zero-order chi connectivity index (χ0) is 10.8. The number of rotatable bonds is 3. The van der Waals surface area contributed by atoms with Gasteiger partial charge in [-0.3, -0.25) is 0 Å². The van der Waals surface area contributed by atoms with Gasteiger partial charge in [0.15, 0.2) is 0 Å². The molecule has 0 atom stereocenters.